The summed E-state index contributed by atoms with van der Waals surface area (Å²) >= 11 is 6.03. The van der Waals surface area contributed by atoms with Gasteiger partial charge in [0.05, 0.1) is 18.2 Å². The second-order valence-electron chi connectivity index (χ2n) is 5.87. The summed E-state index contributed by atoms with van der Waals surface area (Å²) in [6.45, 7) is 1.62. The van der Waals surface area contributed by atoms with E-state index in [-0.39, 0.29) is 5.90 Å². The SMILES string of the molecule is CC12CC(c3cccc(Cl)c3)C(C#N)(C(=N)O1)C2(C#N)C#N. The van der Waals surface area contributed by atoms with Crippen LogP contribution < -0.4 is 0 Å². The van der Waals surface area contributed by atoms with Crippen LogP contribution in [0.3, 0.4) is 0 Å². The van der Waals surface area contributed by atoms with Crippen LogP contribution in [-0.4, -0.2) is 11.5 Å². The maximum atomic E-state index is 9.82. The first-order chi connectivity index (χ1) is 10.4. The van der Waals surface area contributed by atoms with Crippen LogP contribution in [0, 0.1) is 50.2 Å². The second-order valence-corrected chi connectivity index (χ2v) is 6.30. The number of benzene rings is 1. The number of rotatable bonds is 1. The van der Waals surface area contributed by atoms with Crippen molar-refractivity contribution in [3.63, 3.8) is 0 Å². The Morgan fingerprint density at radius 3 is 2.50 bits per heavy atom. The first-order valence-electron chi connectivity index (χ1n) is 6.68. The third kappa shape index (κ3) is 1.29. The van der Waals surface area contributed by atoms with E-state index < -0.39 is 22.3 Å². The van der Waals surface area contributed by atoms with Gasteiger partial charge in [0.1, 0.15) is 5.60 Å². The van der Waals surface area contributed by atoms with Gasteiger partial charge in [-0.05, 0) is 31.0 Å². The number of nitriles is 3. The summed E-state index contributed by atoms with van der Waals surface area (Å²) in [6, 6.07) is 13.0. The van der Waals surface area contributed by atoms with E-state index in [0.29, 0.717) is 11.4 Å². The van der Waals surface area contributed by atoms with Gasteiger partial charge in [0.2, 0.25) is 11.3 Å². The molecule has 0 amide bonds. The lowest BCUT2D eigenvalue weighted by molar-refractivity contribution is 0.0527. The number of halogens is 1. The molecule has 3 unspecified atom stereocenters. The molecule has 2 aliphatic rings. The maximum absolute atomic E-state index is 9.82. The van der Waals surface area contributed by atoms with Crippen molar-refractivity contribution >= 4 is 17.5 Å². The molecular weight excluding hydrogens is 300 g/mol. The zero-order valence-corrected chi connectivity index (χ0v) is 12.5. The zero-order valence-electron chi connectivity index (χ0n) is 11.7. The molecule has 3 rings (SSSR count). The Morgan fingerprint density at radius 1 is 1.27 bits per heavy atom. The van der Waals surface area contributed by atoms with Crippen LogP contribution >= 0.6 is 11.6 Å². The molecule has 108 valence electrons. The normalized spacial score (nSPS) is 34.3. The zero-order chi connectivity index (χ0) is 16.2. The topological polar surface area (TPSA) is 104 Å². The van der Waals surface area contributed by atoms with Crippen LogP contribution in [0.2, 0.25) is 5.02 Å². The predicted octanol–water partition coefficient (Wildman–Crippen LogP) is 3.14. The predicted molar refractivity (Wildman–Crippen MR) is 77.7 cm³/mol. The molecule has 1 saturated heterocycles. The van der Waals surface area contributed by atoms with Gasteiger partial charge >= 0.3 is 0 Å². The highest BCUT2D eigenvalue weighted by Gasteiger charge is 2.82. The summed E-state index contributed by atoms with van der Waals surface area (Å²) < 4.78 is 5.50. The van der Waals surface area contributed by atoms with Gasteiger partial charge in [0.25, 0.3) is 0 Å². The molecule has 1 N–H and O–H groups in total. The molecule has 0 radical (unpaired) electrons. The number of ether oxygens (including phenoxy) is 1. The number of nitrogens with zero attached hydrogens (tertiary/aromatic N) is 3. The Kier molecular flexibility index (Phi) is 2.77. The Balaban J connectivity index is 2.31. The fourth-order valence-corrected chi connectivity index (χ4v) is 4.07. The highest BCUT2D eigenvalue weighted by Crippen LogP contribution is 2.70. The fourth-order valence-electron chi connectivity index (χ4n) is 3.87. The summed E-state index contributed by atoms with van der Waals surface area (Å²) in [5.74, 6) is -0.793. The monoisotopic (exact) mass is 310 g/mol. The molecule has 1 aromatic rings. The van der Waals surface area contributed by atoms with Crippen LogP contribution in [0.15, 0.2) is 24.3 Å². The molecule has 2 fully saturated rings. The molecule has 1 aliphatic heterocycles. The van der Waals surface area contributed by atoms with Crippen LogP contribution in [-0.2, 0) is 4.74 Å². The molecule has 1 aromatic carbocycles. The highest BCUT2D eigenvalue weighted by molar-refractivity contribution is 6.30. The summed E-state index contributed by atoms with van der Waals surface area (Å²) in [7, 11) is 0. The van der Waals surface area contributed by atoms with Crippen molar-refractivity contribution in [3.05, 3.63) is 34.9 Å². The minimum Gasteiger partial charge on any atom is -0.471 e. The highest BCUT2D eigenvalue weighted by atomic mass is 35.5. The van der Waals surface area contributed by atoms with Crippen molar-refractivity contribution in [2.24, 2.45) is 10.8 Å². The Hall–Kier alpha value is -2.55. The minimum atomic E-state index is -1.71. The largest absolute Gasteiger partial charge is 0.471 e. The number of hydrogen-bond donors (Lipinski definition) is 1. The standard InChI is InChI=1S/C16H11ClN4O/c1-14-6-12(10-3-2-4-11(17)5-10)16(9-20,13(21)22-14)15(14,7-18)8-19/h2-5,12,21H,6H2,1H3. The smallest absolute Gasteiger partial charge is 0.210 e. The molecule has 0 spiro atoms. The van der Waals surface area contributed by atoms with E-state index in [9.17, 15) is 15.8 Å². The van der Waals surface area contributed by atoms with Gasteiger partial charge in [0, 0.05) is 10.9 Å². The molecule has 1 heterocycles. The fraction of sp³-hybridized carbons (Fsp3) is 0.375. The molecule has 1 saturated carbocycles. The first-order valence-corrected chi connectivity index (χ1v) is 7.06. The Morgan fingerprint density at radius 2 is 1.95 bits per heavy atom. The van der Waals surface area contributed by atoms with Gasteiger partial charge in [0.15, 0.2) is 5.41 Å². The minimum absolute atomic E-state index is 0.308. The number of hydrogen-bond acceptors (Lipinski definition) is 5. The van der Waals surface area contributed by atoms with Gasteiger partial charge in [-0.1, -0.05) is 23.7 Å². The molecule has 5 nitrogen and oxygen atoms in total. The summed E-state index contributed by atoms with van der Waals surface area (Å²) in [5, 5.41) is 37.8. The summed E-state index contributed by atoms with van der Waals surface area (Å²) in [5.41, 5.74) is -3.77. The number of nitrogens with one attached hydrogen (secondary N) is 1. The molecule has 6 heteroatoms. The lowest BCUT2D eigenvalue weighted by Gasteiger charge is -2.31. The van der Waals surface area contributed by atoms with E-state index in [2.05, 4.69) is 6.07 Å². The van der Waals surface area contributed by atoms with Crippen LogP contribution in [0.4, 0.5) is 0 Å². The molecule has 2 bridgehead atoms. The average molecular weight is 311 g/mol. The summed E-state index contributed by atoms with van der Waals surface area (Å²) in [6.07, 6.45) is 0.310. The quantitative estimate of drug-likeness (QED) is 0.860. The van der Waals surface area contributed by atoms with Crippen LogP contribution in [0.1, 0.15) is 24.8 Å². The second kappa shape index (κ2) is 4.23. The lowest BCUT2D eigenvalue weighted by atomic mass is 9.62. The van der Waals surface area contributed by atoms with Crippen molar-refractivity contribution < 1.29 is 4.74 Å². The molecule has 0 aromatic heterocycles. The molecule has 22 heavy (non-hydrogen) atoms. The number of fused-ring (bicyclic) bond motifs is 2. The van der Waals surface area contributed by atoms with Gasteiger partial charge in [-0.15, -0.1) is 0 Å². The van der Waals surface area contributed by atoms with Crippen molar-refractivity contribution in [1.82, 2.24) is 0 Å². The third-order valence-electron chi connectivity index (χ3n) is 4.95. The van der Waals surface area contributed by atoms with Crippen molar-refractivity contribution in [2.75, 3.05) is 0 Å². The molecule has 1 aliphatic carbocycles. The molecule has 3 atom stereocenters. The first kappa shape index (κ1) is 14.4. The van der Waals surface area contributed by atoms with E-state index in [1.165, 1.54) is 0 Å². The van der Waals surface area contributed by atoms with Crippen molar-refractivity contribution in [2.45, 2.75) is 24.9 Å². The van der Waals surface area contributed by atoms with Crippen LogP contribution in [0.25, 0.3) is 0 Å². The van der Waals surface area contributed by atoms with Gasteiger partial charge in [-0.25, -0.2) is 0 Å². The van der Waals surface area contributed by atoms with Crippen molar-refractivity contribution in [3.8, 4) is 18.2 Å². The Bertz CT molecular complexity index is 801. The van der Waals surface area contributed by atoms with Gasteiger partial charge in [-0.2, -0.15) is 15.8 Å². The summed E-state index contributed by atoms with van der Waals surface area (Å²) in [4.78, 5) is 0. The van der Waals surface area contributed by atoms with Gasteiger partial charge in [-0.3, -0.25) is 5.41 Å². The Labute approximate surface area is 132 Å². The average Bonchev–Trinajstić information content (AvgIpc) is 2.83. The van der Waals surface area contributed by atoms with Gasteiger partial charge < -0.3 is 4.74 Å². The lowest BCUT2D eigenvalue weighted by Crippen LogP contribution is -2.43. The third-order valence-corrected chi connectivity index (χ3v) is 5.18. The van der Waals surface area contributed by atoms with Crippen molar-refractivity contribution in [1.29, 1.82) is 21.2 Å². The van der Waals surface area contributed by atoms with E-state index in [0.717, 1.165) is 5.56 Å². The molecular formula is C16H11ClN4O. The van der Waals surface area contributed by atoms with Crippen LogP contribution in [0.5, 0.6) is 0 Å². The van der Waals surface area contributed by atoms with E-state index in [1.54, 1.807) is 31.2 Å². The van der Waals surface area contributed by atoms with E-state index >= 15 is 0 Å². The van der Waals surface area contributed by atoms with E-state index in [4.69, 9.17) is 21.7 Å². The van der Waals surface area contributed by atoms with E-state index in [1.807, 2.05) is 12.1 Å². The maximum Gasteiger partial charge on any atom is 0.210 e.